The van der Waals surface area contributed by atoms with Gasteiger partial charge in [0.15, 0.2) is 0 Å². The van der Waals surface area contributed by atoms with Crippen molar-refractivity contribution in [2.75, 3.05) is 36.5 Å². The van der Waals surface area contributed by atoms with E-state index in [0.717, 1.165) is 16.7 Å². The van der Waals surface area contributed by atoms with Crippen LogP contribution in [-0.2, 0) is 18.5 Å². The topological polar surface area (TPSA) is 63.6 Å². The van der Waals surface area contributed by atoms with Crippen molar-refractivity contribution in [2.45, 2.75) is 13.6 Å². The van der Waals surface area contributed by atoms with E-state index in [1.807, 2.05) is 42.3 Å². The summed E-state index contributed by atoms with van der Waals surface area (Å²) in [6.07, 6.45) is 1.81. The molecule has 0 spiro atoms. The van der Waals surface area contributed by atoms with E-state index in [2.05, 4.69) is 5.32 Å². The third-order valence-electron chi connectivity index (χ3n) is 5.67. The predicted octanol–water partition coefficient (Wildman–Crippen LogP) is 3.92. The number of aromatic nitrogens is 1. The lowest BCUT2D eigenvalue weighted by Crippen LogP contribution is -2.40. The molecule has 6 nitrogen and oxygen atoms in total. The highest BCUT2D eigenvalue weighted by Gasteiger charge is 2.17. The minimum absolute atomic E-state index is 0.0505. The largest absolute Gasteiger partial charge is 0.378 e. The molecule has 0 bridgehead atoms. The van der Waals surface area contributed by atoms with Crippen LogP contribution in [0.4, 0.5) is 15.8 Å². The molecule has 1 amide bonds. The predicted molar refractivity (Wildman–Crippen MR) is 124 cm³/mol. The minimum Gasteiger partial charge on any atom is -0.378 e. The Morgan fingerprint density at radius 3 is 2.66 bits per heavy atom. The summed E-state index contributed by atoms with van der Waals surface area (Å²) in [4.78, 5) is 27.5. The smallest absolute Gasteiger partial charge is 0.273 e. The fourth-order valence-corrected chi connectivity index (χ4v) is 3.88. The van der Waals surface area contributed by atoms with Crippen LogP contribution < -0.4 is 15.8 Å². The number of anilines is 2. The number of nitrogens with one attached hydrogen (secondary N) is 1. The van der Waals surface area contributed by atoms with Crippen molar-refractivity contribution in [1.29, 1.82) is 0 Å². The van der Waals surface area contributed by atoms with Gasteiger partial charge in [-0.2, -0.15) is 0 Å². The van der Waals surface area contributed by atoms with Crippen LogP contribution in [0.1, 0.15) is 21.5 Å². The fraction of sp³-hybridized carbons (Fsp3) is 0.280. The number of nitrogens with zero attached hydrogens (tertiary/aromatic N) is 2. The summed E-state index contributed by atoms with van der Waals surface area (Å²) >= 11 is 0. The fourth-order valence-electron chi connectivity index (χ4n) is 3.88. The van der Waals surface area contributed by atoms with E-state index in [1.54, 1.807) is 35.9 Å². The third kappa shape index (κ3) is 4.57. The standard InChI is InChI=1S/C25H26FN3O3/c1-17-6-7-21(27-24(30)19-5-3-4-18(12-19)15-26)14-22(17)20-13-23(25(31)28(2)16-20)29-8-10-32-11-9-29/h3-7,12-14,16H,8-11,15H2,1-2H3,(H,27,30). The summed E-state index contributed by atoms with van der Waals surface area (Å²) in [5.41, 5.74) is 4.92. The molecule has 32 heavy (non-hydrogen) atoms. The van der Waals surface area contributed by atoms with E-state index in [-0.39, 0.29) is 11.5 Å². The van der Waals surface area contributed by atoms with Crippen molar-refractivity contribution in [1.82, 2.24) is 4.57 Å². The van der Waals surface area contributed by atoms with Gasteiger partial charge in [0.2, 0.25) is 0 Å². The molecule has 166 valence electrons. The van der Waals surface area contributed by atoms with Crippen LogP contribution in [0.15, 0.2) is 59.5 Å². The van der Waals surface area contributed by atoms with Gasteiger partial charge in [-0.3, -0.25) is 9.59 Å². The number of hydrogen-bond donors (Lipinski definition) is 1. The van der Waals surface area contributed by atoms with Gasteiger partial charge in [-0.05, 0) is 53.9 Å². The van der Waals surface area contributed by atoms with Crippen molar-refractivity contribution in [3.8, 4) is 11.1 Å². The van der Waals surface area contributed by atoms with Gasteiger partial charge in [0.1, 0.15) is 12.4 Å². The Bertz CT molecular complexity index is 1200. The number of amides is 1. The van der Waals surface area contributed by atoms with E-state index in [4.69, 9.17) is 4.74 Å². The van der Waals surface area contributed by atoms with E-state index < -0.39 is 6.67 Å². The molecule has 1 aromatic heterocycles. The average Bonchev–Trinajstić information content (AvgIpc) is 2.82. The van der Waals surface area contributed by atoms with Gasteiger partial charge >= 0.3 is 0 Å². The van der Waals surface area contributed by atoms with Crippen LogP contribution in [0, 0.1) is 6.92 Å². The molecular weight excluding hydrogens is 409 g/mol. The molecule has 1 N–H and O–H groups in total. The van der Waals surface area contributed by atoms with Crippen LogP contribution >= 0.6 is 0 Å². The molecule has 1 aliphatic heterocycles. The molecule has 3 aromatic rings. The van der Waals surface area contributed by atoms with E-state index in [1.165, 1.54) is 0 Å². The highest BCUT2D eigenvalue weighted by molar-refractivity contribution is 6.04. The van der Waals surface area contributed by atoms with Crippen LogP contribution in [-0.4, -0.2) is 36.8 Å². The number of ether oxygens (including phenoxy) is 1. The van der Waals surface area contributed by atoms with Crippen LogP contribution in [0.3, 0.4) is 0 Å². The van der Waals surface area contributed by atoms with Gasteiger partial charge in [-0.25, -0.2) is 4.39 Å². The van der Waals surface area contributed by atoms with Gasteiger partial charge in [0.25, 0.3) is 11.5 Å². The van der Waals surface area contributed by atoms with Crippen molar-refractivity contribution in [2.24, 2.45) is 7.05 Å². The summed E-state index contributed by atoms with van der Waals surface area (Å²) in [7, 11) is 1.74. The quantitative estimate of drug-likeness (QED) is 0.660. The van der Waals surface area contributed by atoms with E-state index in [0.29, 0.717) is 48.8 Å². The Hall–Kier alpha value is -3.45. The molecule has 0 aliphatic carbocycles. The molecule has 4 rings (SSSR count). The number of pyridine rings is 1. The zero-order valence-electron chi connectivity index (χ0n) is 18.2. The minimum atomic E-state index is -0.617. The Labute approximate surface area is 186 Å². The second-order valence-corrected chi connectivity index (χ2v) is 7.95. The number of carbonyl (C=O) groups is 1. The van der Waals surface area contributed by atoms with Gasteiger partial charge in [-0.1, -0.05) is 18.2 Å². The number of benzene rings is 2. The van der Waals surface area contributed by atoms with Crippen LogP contribution in [0.2, 0.25) is 0 Å². The molecule has 1 aliphatic rings. The first-order valence-corrected chi connectivity index (χ1v) is 10.6. The first-order valence-electron chi connectivity index (χ1n) is 10.6. The van der Waals surface area contributed by atoms with Crippen molar-refractivity contribution in [3.63, 3.8) is 0 Å². The molecule has 1 fully saturated rings. The Morgan fingerprint density at radius 1 is 1.12 bits per heavy atom. The number of alkyl halides is 1. The first-order chi connectivity index (χ1) is 15.5. The average molecular weight is 435 g/mol. The second kappa shape index (κ2) is 9.36. The Balaban J connectivity index is 1.66. The van der Waals surface area contributed by atoms with Crippen LogP contribution in [0.5, 0.6) is 0 Å². The molecule has 2 heterocycles. The number of morpholine rings is 1. The summed E-state index contributed by atoms with van der Waals surface area (Å²) in [6.45, 7) is 3.91. The maximum Gasteiger partial charge on any atom is 0.273 e. The lowest BCUT2D eigenvalue weighted by atomic mass is 10.0. The number of aryl methyl sites for hydroxylation is 2. The summed E-state index contributed by atoms with van der Waals surface area (Å²) < 4.78 is 20.0. The SMILES string of the molecule is Cc1ccc(NC(=O)c2cccc(CF)c2)cc1-c1cc(N2CCOCC2)c(=O)n(C)c1. The summed E-state index contributed by atoms with van der Waals surface area (Å²) in [6, 6.07) is 14.1. The van der Waals surface area contributed by atoms with E-state index >= 15 is 0 Å². The van der Waals surface area contributed by atoms with Crippen molar-refractivity contribution < 1.29 is 13.9 Å². The first kappa shape index (κ1) is 21.8. The highest BCUT2D eigenvalue weighted by atomic mass is 19.1. The van der Waals surface area contributed by atoms with Crippen molar-refractivity contribution in [3.05, 3.63) is 81.8 Å². The van der Waals surface area contributed by atoms with E-state index in [9.17, 15) is 14.0 Å². The number of carbonyl (C=O) groups excluding carboxylic acids is 1. The number of halogens is 1. The Morgan fingerprint density at radius 2 is 1.91 bits per heavy atom. The molecule has 7 heteroatoms. The highest BCUT2D eigenvalue weighted by Crippen LogP contribution is 2.29. The zero-order chi connectivity index (χ0) is 22.7. The number of hydrogen-bond acceptors (Lipinski definition) is 4. The molecule has 0 unspecified atom stereocenters. The lowest BCUT2D eigenvalue weighted by molar-refractivity contribution is 0.102. The van der Waals surface area contributed by atoms with Gasteiger partial charge < -0.3 is 19.5 Å². The number of rotatable bonds is 5. The van der Waals surface area contributed by atoms with Gasteiger partial charge in [0.05, 0.1) is 13.2 Å². The normalized spacial score (nSPS) is 13.8. The molecule has 1 saturated heterocycles. The molecular formula is C25H26FN3O3. The second-order valence-electron chi connectivity index (χ2n) is 7.95. The maximum atomic E-state index is 12.9. The lowest BCUT2D eigenvalue weighted by Gasteiger charge is -2.29. The molecule has 0 radical (unpaired) electrons. The Kier molecular flexibility index (Phi) is 6.37. The monoisotopic (exact) mass is 435 g/mol. The third-order valence-corrected chi connectivity index (χ3v) is 5.67. The molecule has 0 saturated carbocycles. The maximum absolute atomic E-state index is 12.9. The summed E-state index contributed by atoms with van der Waals surface area (Å²) in [5, 5.41) is 2.89. The van der Waals surface area contributed by atoms with Crippen molar-refractivity contribution >= 4 is 17.3 Å². The van der Waals surface area contributed by atoms with Gasteiger partial charge in [-0.15, -0.1) is 0 Å². The summed E-state index contributed by atoms with van der Waals surface area (Å²) in [5.74, 6) is -0.301. The zero-order valence-corrected chi connectivity index (χ0v) is 18.2. The van der Waals surface area contributed by atoms with Gasteiger partial charge in [0, 0.05) is 43.1 Å². The molecule has 2 aromatic carbocycles. The molecule has 0 atom stereocenters. The van der Waals surface area contributed by atoms with Crippen LogP contribution in [0.25, 0.3) is 11.1 Å².